The molecule has 1 fully saturated rings. The molecule has 1 atom stereocenters. The van der Waals surface area contributed by atoms with Crippen LogP contribution in [0.3, 0.4) is 0 Å². The lowest BCUT2D eigenvalue weighted by molar-refractivity contribution is 0.189. The Labute approximate surface area is 102 Å². The molecule has 0 spiro atoms. The van der Waals surface area contributed by atoms with Crippen LogP contribution < -0.4 is 5.32 Å². The van der Waals surface area contributed by atoms with Crippen LogP contribution in [0.1, 0.15) is 52.9 Å². The van der Waals surface area contributed by atoms with Crippen molar-refractivity contribution in [3.63, 3.8) is 0 Å². The Morgan fingerprint density at radius 2 is 1.94 bits per heavy atom. The van der Waals surface area contributed by atoms with Gasteiger partial charge in [0.05, 0.1) is 0 Å². The molecular weight excluding hydrogens is 196 g/mol. The van der Waals surface area contributed by atoms with Gasteiger partial charge in [-0.2, -0.15) is 0 Å². The summed E-state index contributed by atoms with van der Waals surface area (Å²) >= 11 is 0. The largest absolute Gasteiger partial charge is 0.315 e. The van der Waals surface area contributed by atoms with E-state index in [1.54, 1.807) is 0 Å². The van der Waals surface area contributed by atoms with Gasteiger partial charge in [-0.3, -0.25) is 4.90 Å². The van der Waals surface area contributed by atoms with Crippen LogP contribution in [0.5, 0.6) is 0 Å². The number of unbranched alkanes of at least 4 members (excludes halogenated alkanes) is 2. The first-order valence-electron chi connectivity index (χ1n) is 7.10. The summed E-state index contributed by atoms with van der Waals surface area (Å²) < 4.78 is 0. The average molecular weight is 226 g/mol. The number of nitrogens with one attached hydrogen (secondary N) is 1. The minimum atomic E-state index is 0.687. The number of hydrogen-bond donors (Lipinski definition) is 1. The fraction of sp³-hybridized carbons (Fsp3) is 1.00. The van der Waals surface area contributed by atoms with Gasteiger partial charge in [0.25, 0.3) is 0 Å². The molecule has 0 saturated heterocycles. The highest BCUT2D eigenvalue weighted by molar-refractivity contribution is 4.88. The van der Waals surface area contributed by atoms with Gasteiger partial charge in [-0.05, 0) is 52.6 Å². The number of hydrogen-bond acceptors (Lipinski definition) is 2. The molecule has 1 aliphatic carbocycles. The van der Waals surface area contributed by atoms with Crippen LogP contribution in [-0.4, -0.2) is 37.1 Å². The van der Waals surface area contributed by atoms with Gasteiger partial charge in [-0.1, -0.05) is 19.8 Å². The number of nitrogens with zero attached hydrogens (tertiary/aromatic N) is 1. The molecule has 0 aromatic carbocycles. The van der Waals surface area contributed by atoms with Crippen molar-refractivity contribution in [1.29, 1.82) is 0 Å². The summed E-state index contributed by atoms with van der Waals surface area (Å²) in [6, 6.07) is 1.41. The molecule has 1 unspecified atom stereocenters. The molecule has 1 aliphatic rings. The molecule has 0 aliphatic heterocycles. The summed E-state index contributed by atoms with van der Waals surface area (Å²) in [6.07, 6.45) is 6.93. The van der Waals surface area contributed by atoms with Gasteiger partial charge in [0.1, 0.15) is 0 Å². The van der Waals surface area contributed by atoms with Crippen LogP contribution in [-0.2, 0) is 0 Å². The maximum atomic E-state index is 3.50. The van der Waals surface area contributed by atoms with Crippen molar-refractivity contribution >= 4 is 0 Å². The van der Waals surface area contributed by atoms with Crippen molar-refractivity contribution in [1.82, 2.24) is 10.2 Å². The second-order valence-electron chi connectivity index (χ2n) is 5.53. The normalized spacial score (nSPS) is 18.4. The molecule has 16 heavy (non-hydrogen) atoms. The van der Waals surface area contributed by atoms with Gasteiger partial charge < -0.3 is 5.32 Å². The molecule has 0 heterocycles. The van der Waals surface area contributed by atoms with Gasteiger partial charge >= 0.3 is 0 Å². The molecule has 0 aromatic rings. The molecule has 0 amide bonds. The molecule has 0 aromatic heterocycles. The lowest BCUT2D eigenvalue weighted by atomic mass is 10.1. The second-order valence-corrected chi connectivity index (χ2v) is 5.53. The van der Waals surface area contributed by atoms with Crippen LogP contribution in [0.4, 0.5) is 0 Å². The van der Waals surface area contributed by atoms with E-state index >= 15 is 0 Å². The number of likely N-dealkylation sites (N-methyl/N-ethyl adjacent to an activating group) is 1. The standard InChI is InChI=1S/C14H30N2/c1-5-6-7-10-16(12(2)3)11-14(15-4)13-8-9-13/h12-15H,5-11H2,1-4H3. The molecule has 0 radical (unpaired) electrons. The lowest BCUT2D eigenvalue weighted by Gasteiger charge is -2.30. The van der Waals surface area contributed by atoms with Gasteiger partial charge in [-0.15, -0.1) is 0 Å². The van der Waals surface area contributed by atoms with Crippen molar-refractivity contribution in [2.75, 3.05) is 20.1 Å². The fourth-order valence-electron chi connectivity index (χ4n) is 2.35. The highest BCUT2D eigenvalue weighted by atomic mass is 15.2. The molecular formula is C14H30N2. The van der Waals surface area contributed by atoms with Crippen molar-refractivity contribution < 1.29 is 0 Å². The third-order valence-corrected chi connectivity index (χ3v) is 3.77. The van der Waals surface area contributed by atoms with E-state index in [1.165, 1.54) is 45.2 Å². The van der Waals surface area contributed by atoms with E-state index < -0.39 is 0 Å². The summed E-state index contributed by atoms with van der Waals surface area (Å²) in [5.74, 6) is 0.956. The summed E-state index contributed by atoms with van der Waals surface area (Å²) in [5.41, 5.74) is 0. The summed E-state index contributed by atoms with van der Waals surface area (Å²) in [4.78, 5) is 2.65. The zero-order chi connectivity index (χ0) is 12.0. The SMILES string of the molecule is CCCCCN(CC(NC)C1CC1)C(C)C. The predicted octanol–water partition coefficient (Wildman–Crippen LogP) is 2.89. The second kappa shape index (κ2) is 7.29. The monoisotopic (exact) mass is 226 g/mol. The molecule has 1 N–H and O–H groups in total. The molecule has 2 nitrogen and oxygen atoms in total. The Bertz CT molecular complexity index is 176. The first-order valence-corrected chi connectivity index (χ1v) is 7.10. The number of rotatable bonds is 9. The summed E-state index contributed by atoms with van der Waals surface area (Å²) in [5, 5.41) is 3.50. The molecule has 1 rings (SSSR count). The predicted molar refractivity (Wildman–Crippen MR) is 71.8 cm³/mol. The zero-order valence-corrected chi connectivity index (χ0v) is 11.6. The third-order valence-electron chi connectivity index (χ3n) is 3.77. The maximum Gasteiger partial charge on any atom is 0.0220 e. The van der Waals surface area contributed by atoms with Crippen molar-refractivity contribution in [3.8, 4) is 0 Å². The van der Waals surface area contributed by atoms with E-state index in [9.17, 15) is 0 Å². The lowest BCUT2D eigenvalue weighted by Crippen LogP contribution is -2.44. The van der Waals surface area contributed by atoms with Crippen LogP contribution in [0.2, 0.25) is 0 Å². The van der Waals surface area contributed by atoms with Gasteiger partial charge in [-0.25, -0.2) is 0 Å². The molecule has 1 saturated carbocycles. The van der Waals surface area contributed by atoms with Crippen LogP contribution >= 0.6 is 0 Å². The van der Waals surface area contributed by atoms with Gasteiger partial charge in [0, 0.05) is 18.6 Å². The van der Waals surface area contributed by atoms with Crippen molar-refractivity contribution in [2.45, 2.75) is 65.0 Å². The molecule has 0 bridgehead atoms. The zero-order valence-electron chi connectivity index (χ0n) is 11.6. The van der Waals surface area contributed by atoms with E-state index in [4.69, 9.17) is 0 Å². The fourth-order valence-corrected chi connectivity index (χ4v) is 2.35. The van der Waals surface area contributed by atoms with E-state index in [0.29, 0.717) is 6.04 Å². The van der Waals surface area contributed by atoms with Crippen LogP contribution in [0.25, 0.3) is 0 Å². The highest BCUT2D eigenvalue weighted by Gasteiger charge is 2.31. The Balaban J connectivity index is 2.30. The van der Waals surface area contributed by atoms with Crippen molar-refractivity contribution in [2.24, 2.45) is 5.92 Å². The Kier molecular flexibility index (Phi) is 6.37. The average Bonchev–Trinajstić information content (AvgIpc) is 3.06. The van der Waals surface area contributed by atoms with Crippen LogP contribution in [0, 0.1) is 5.92 Å². The third kappa shape index (κ3) is 4.84. The van der Waals surface area contributed by atoms with Crippen LogP contribution in [0.15, 0.2) is 0 Å². The first kappa shape index (κ1) is 14.0. The van der Waals surface area contributed by atoms with Gasteiger partial charge in [0.2, 0.25) is 0 Å². The smallest absolute Gasteiger partial charge is 0.0220 e. The first-order chi connectivity index (χ1) is 7.69. The molecule has 96 valence electrons. The Morgan fingerprint density at radius 1 is 1.25 bits per heavy atom. The van der Waals surface area contributed by atoms with E-state index in [-0.39, 0.29) is 0 Å². The highest BCUT2D eigenvalue weighted by Crippen LogP contribution is 2.33. The van der Waals surface area contributed by atoms with Crippen molar-refractivity contribution in [3.05, 3.63) is 0 Å². The minimum absolute atomic E-state index is 0.687. The quantitative estimate of drug-likeness (QED) is 0.608. The van der Waals surface area contributed by atoms with E-state index in [0.717, 1.165) is 12.0 Å². The Morgan fingerprint density at radius 3 is 2.38 bits per heavy atom. The molecule has 2 heteroatoms. The van der Waals surface area contributed by atoms with Gasteiger partial charge in [0.15, 0.2) is 0 Å². The minimum Gasteiger partial charge on any atom is -0.315 e. The maximum absolute atomic E-state index is 3.50. The Hall–Kier alpha value is -0.0800. The van der Waals surface area contributed by atoms with E-state index in [1.807, 2.05) is 0 Å². The summed E-state index contributed by atoms with van der Waals surface area (Å²) in [6.45, 7) is 9.44. The van der Waals surface area contributed by atoms with E-state index in [2.05, 4.69) is 38.0 Å². The topological polar surface area (TPSA) is 15.3 Å². The summed E-state index contributed by atoms with van der Waals surface area (Å²) in [7, 11) is 2.12.